The second kappa shape index (κ2) is 10.3. The Bertz CT molecular complexity index is 1210. The highest BCUT2D eigenvalue weighted by Crippen LogP contribution is 2.41. The molecule has 0 bridgehead atoms. The molecule has 0 unspecified atom stereocenters. The zero-order chi connectivity index (χ0) is 23.2. The molecule has 0 radical (unpaired) electrons. The molecule has 168 valence electrons. The molecule has 0 aliphatic carbocycles. The van der Waals surface area contributed by atoms with E-state index in [1.165, 1.54) is 4.88 Å². The first-order valence-corrected chi connectivity index (χ1v) is 11.8. The third-order valence-electron chi connectivity index (χ3n) is 5.52. The van der Waals surface area contributed by atoms with Crippen molar-refractivity contribution < 1.29 is 14.5 Å². The van der Waals surface area contributed by atoms with Crippen LogP contribution in [0.3, 0.4) is 0 Å². The molecule has 2 heterocycles. The summed E-state index contributed by atoms with van der Waals surface area (Å²) in [7, 11) is 0. The van der Waals surface area contributed by atoms with E-state index < -0.39 is 0 Å². The Hall–Kier alpha value is -3.64. The van der Waals surface area contributed by atoms with Crippen molar-refractivity contribution in [1.82, 2.24) is 0 Å². The summed E-state index contributed by atoms with van der Waals surface area (Å²) in [4.78, 5) is 17.4. The number of benzene rings is 2. The van der Waals surface area contributed by atoms with Crippen molar-refractivity contribution in [1.29, 1.82) is 0 Å². The molecular weight excluding hydrogens is 430 g/mol. The van der Waals surface area contributed by atoms with Gasteiger partial charge in [0.05, 0.1) is 12.8 Å². The summed E-state index contributed by atoms with van der Waals surface area (Å²) in [6.07, 6.45) is 1.89. The third-order valence-corrected chi connectivity index (χ3v) is 6.66. The van der Waals surface area contributed by atoms with E-state index in [9.17, 15) is 4.79 Å². The van der Waals surface area contributed by atoms with Gasteiger partial charge < -0.3 is 10.1 Å². The van der Waals surface area contributed by atoms with Gasteiger partial charge in [0.2, 0.25) is 0 Å². The summed E-state index contributed by atoms with van der Waals surface area (Å²) >= 11 is 1.60. The average molecular weight is 459 g/mol. The van der Waals surface area contributed by atoms with Gasteiger partial charge in [-0.15, -0.1) is 11.3 Å². The lowest BCUT2D eigenvalue weighted by Gasteiger charge is -2.18. The molecule has 0 aliphatic rings. The summed E-state index contributed by atoms with van der Waals surface area (Å²) in [5.74, 6) is 1.61. The highest BCUT2D eigenvalue weighted by molar-refractivity contribution is 7.16. The molecule has 1 atom stereocenters. The van der Waals surface area contributed by atoms with Gasteiger partial charge in [-0.05, 0) is 56.7 Å². The first kappa shape index (κ1) is 22.6. The van der Waals surface area contributed by atoms with Crippen LogP contribution in [0.5, 0.6) is 5.75 Å². The van der Waals surface area contributed by atoms with Crippen molar-refractivity contribution in [3.05, 3.63) is 106 Å². The smallest absolute Gasteiger partial charge is 0.272 e. The number of aromatic amines is 1. The van der Waals surface area contributed by atoms with Crippen LogP contribution in [0.25, 0.3) is 0 Å². The molecule has 0 saturated heterocycles. The summed E-state index contributed by atoms with van der Waals surface area (Å²) < 4.78 is 5.64. The number of hydrogen-bond acceptors (Lipinski definition) is 4. The normalized spacial score (nSPS) is 11.6. The van der Waals surface area contributed by atoms with Crippen molar-refractivity contribution in [3.8, 4) is 5.75 Å². The Kier molecular flexibility index (Phi) is 7.05. The van der Waals surface area contributed by atoms with Gasteiger partial charge in [-0.3, -0.25) is 10.1 Å². The molecule has 2 aromatic heterocycles. The van der Waals surface area contributed by atoms with Gasteiger partial charge in [0.1, 0.15) is 16.8 Å². The zero-order valence-corrected chi connectivity index (χ0v) is 19.8. The van der Waals surface area contributed by atoms with Gasteiger partial charge in [-0.1, -0.05) is 36.4 Å². The Morgan fingerprint density at radius 3 is 2.39 bits per heavy atom. The highest BCUT2D eigenvalue weighted by atomic mass is 32.1. The Morgan fingerprint density at radius 2 is 1.73 bits per heavy atom. The van der Waals surface area contributed by atoms with Crippen LogP contribution in [0.2, 0.25) is 0 Å². The maximum absolute atomic E-state index is 13.0. The SMILES string of the molecule is CCOc1ccc([C@@H](Nc2cccc[nH+]2)c2c(NC(=O)c3ccccc3)sc(C)c2C)cc1. The molecule has 5 nitrogen and oxygen atoms in total. The van der Waals surface area contributed by atoms with Crippen LogP contribution >= 0.6 is 11.3 Å². The minimum Gasteiger partial charge on any atom is -0.494 e. The lowest BCUT2D eigenvalue weighted by atomic mass is 9.96. The first-order chi connectivity index (χ1) is 16.1. The van der Waals surface area contributed by atoms with Gasteiger partial charge in [0.15, 0.2) is 0 Å². The topological polar surface area (TPSA) is 64.5 Å². The van der Waals surface area contributed by atoms with E-state index in [2.05, 4.69) is 41.6 Å². The quantitative estimate of drug-likeness (QED) is 0.339. The second-order valence-electron chi connectivity index (χ2n) is 7.70. The van der Waals surface area contributed by atoms with E-state index >= 15 is 0 Å². The number of nitrogens with one attached hydrogen (secondary N) is 3. The summed E-state index contributed by atoms with van der Waals surface area (Å²) in [5, 5.41) is 7.64. The fraction of sp³-hybridized carbons (Fsp3) is 0.185. The minimum absolute atomic E-state index is 0.116. The number of ether oxygens (including phenoxy) is 1. The molecule has 6 heteroatoms. The van der Waals surface area contributed by atoms with E-state index in [-0.39, 0.29) is 11.9 Å². The van der Waals surface area contributed by atoms with Gasteiger partial charge >= 0.3 is 0 Å². The van der Waals surface area contributed by atoms with Gasteiger partial charge in [-0.2, -0.15) is 0 Å². The predicted molar refractivity (Wildman–Crippen MR) is 134 cm³/mol. The molecule has 0 spiro atoms. The fourth-order valence-electron chi connectivity index (χ4n) is 3.73. The van der Waals surface area contributed by atoms with Crippen LogP contribution < -0.4 is 20.4 Å². The number of amides is 1. The van der Waals surface area contributed by atoms with E-state index in [1.807, 2.05) is 73.8 Å². The number of carbonyl (C=O) groups is 1. The number of rotatable bonds is 8. The van der Waals surface area contributed by atoms with Crippen LogP contribution in [0.15, 0.2) is 79.0 Å². The Labute approximate surface area is 198 Å². The third kappa shape index (κ3) is 5.23. The number of carbonyl (C=O) groups excluding carboxylic acids is 1. The monoisotopic (exact) mass is 458 g/mol. The number of aromatic nitrogens is 1. The van der Waals surface area contributed by atoms with Crippen molar-refractivity contribution in [2.24, 2.45) is 0 Å². The maximum atomic E-state index is 13.0. The van der Waals surface area contributed by atoms with Crippen LogP contribution in [-0.2, 0) is 0 Å². The zero-order valence-electron chi connectivity index (χ0n) is 19.0. The fourth-order valence-corrected chi connectivity index (χ4v) is 4.83. The second-order valence-corrected chi connectivity index (χ2v) is 8.93. The molecule has 0 aliphatic heterocycles. The molecule has 33 heavy (non-hydrogen) atoms. The van der Waals surface area contributed by atoms with Crippen molar-refractivity contribution in [3.63, 3.8) is 0 Å². The average Bonchev–Trinajstić information content (AvgIpc) is 3.12. The van der Waals surface area contributed by atoms with E-state index in [0.29, 0.717) is 12.2 Å². The number of H-pyrrole nitrogens is 1. The molecule has 0 fully saturated rings. The van der Waals surface area contributed by atoms with Crippen LogP contribution in [0, 0.1) is 13.8 Å². The van der Waals surface area contributed by atoms with Crippen LogP contribution in [-0.4, -0.2) is 12.5 Å². The van der Waals surface area contributed by atoms with Crippen molar-refractivity contribution >= 4 is 28.1 Å². The Balaban J connectivity index is 1.75. The van der Waals surface area contributed by atoms with E-state index in [1.54, 1.807) is 11.3 Å². The molecular formula is C27H28N3O2S+. The van der Waals surface area contributed by atoms with Crippen molar-refractivity contribution in [2.75, 3.05) is 17.2 Å². The van der Waals surface area contributed by atoms with Crippen LogP contribution in [0.1, 0.15) is 44.9 Å². The summed E-state index contributed by atoms with van der Waals surface area (Å²) in [6, 6.07) is 23.2. The molecule has 1 amide bonds. The number of aryl methyl sites for hydroxylation is 1. The van der Waals surface area contributed by atoms with E-state index in [0.717, 1.165) is 33.3 Å². The molecule has 4 rings (SSSR count). The van der Waals surface area contributed by atoms with Gasteiger partial charge in [0.25, 0.3) is 11.7 Å². The molecule has 3 N–H and O–H groups in total. The first-order valence-electron chi connectivity index (χ1n) is 11.0. The van der Waals surface area contributed by atoms with Crippen LogP contribution in [0.4, 0.5) is 10.8 Å². The van der Waals surface area contributed by atoms with E-state index in [4.69, 9.17) is 4.74 Å². The number of hydrogen-bond donors (Lipinski definition) is 2. The lowest BCUT2D eigenvalue weighted by molar-refractivity contribution is -0.361. The lowest BCUT2D eigenvalue weighted by Crippen LogP contribution is -2.21. The number of pyridine rings is 1. The standard InChI is InChI=1S/C27H27N3O2S/c1-4-32-22-15-13-20(14-16-22)25(29-23-12-8-9-17-28-23)24-18(2)19(3)33-27(24)30-26(31)21-10-6-5-7-11-21/h5-17,25H,4H2,1-3H3,(H,28,29)(H,30,31)/p+1/t25-/m1/s1. The summed E-state index contributed by atoms with van der Waals surface area (Å²) in [6.45, 7) is 6.80. The number of anilines is 2. The number of thiophene rings is 1. The van der Waals surface area contributed by atoms with Gasteiger partial charge in [0, 0.05) is 27.6 Å². The molecule has 4 aromatic rings. The van der Waals surface area contributed by atoms with Gasteiger partial charge in [-0.25, -0.2) is 4.98 Å². The highest BCUT2D eigenvalue weighted by Gasteiger charge is 2.28. The molecule has 0 saturated carbocycles. The van der Waals surface area contributed by atoms with Crippen molar-refractivity contribution in [2.45, 2.75) is 26.8 Å². The summed E-state index contributed by atoms with van der Waals surface area (Å²) in [5.41, 5.74) is 3.93. The molecule has 2 aromatic carbocycles. The predicted octanol–water partition coefficient (Wildman–Crippen LogP) is 6.03. The largest absolute Gasteiger partial charge is 0.494 e. The maximum Gasteiger partial charge on any atom is 0.272 e. The minimum atomic E-state index is -0.171. The Morgan fingerprint density at radius 1 is 1.00 bits per heavy atom.